The molecule has 1 aromatic carbocycles. The first-order valence-corrected chi connectivity index (χ1v) is 9.06. The lowest BCUT2D eigenvalue weighted by molar-refractivity contribution is -0.121. The first-order chi connectivity index (χ1) is 12.3. The zero-order valence-electron chi connectivity index (χ0n) is 14.5. The van der Waals surface area contributed by atoms with E-state index in [1.807, 2.05) is 12.1 Å². The van der Waals surface area contributed by atoms with Gasteiger partial charge in [0.2, 0.25) is 5.91 Å². The number of aryl methyl sites for hydroxylation is 2. The summed E-state index contributed by atoms with van der Waals surface area (Å²) in [4.78, 5) is 12.5. The number of nitrogens with zero attached hydrogens (tertiary/aromatic N) is 2. The molecule has 1 amide bonds. The zero-order chi connectivity index (χ0) is 17.2. The van der Waals surface area contributed by atoms with Crippen molar-refractivity contribution in [3.8, 4) is 0 Å². The predicted octanol–water partition coefficient (Wildman–Crippen LogP) is 3.39. The quantitative estimate of drug-likeness (QED) is 0.750. The molecule has 3 aromatic rings. The highest BCUT2D eigenvalue weighted by atomic mass is 16.5. The number of hydrogen-bond donors (Lipinski definition) is 1. The molecule has 5 nitrogen and oxygen atoms in total. The maximum atomic E-state index is 12.5. The van der Waals surface area contributed by atoms with E-state index in [0.717, 1.165) is 36.9 Å². The molecule has 1 aliphatic rings. The lowest BCUT2D eigenvalue weighted by Gasteiger charge is -2.09. The Morgan fingerprint density at radius 1 is 1.32 bits per heavy atom. The van der Waals surface area contributed by atoms with Gasteiger partial charge in [-0.1, -0.05) is 36.7 Å². The van der Waals surface area contributed by atoms with Crippen molar-refractivity contribution < 1.29 is 9.32 Å². The molecule has 2 heterocycles. The maximum Gasteiger partial charge on any atom is 0.240 e. The third kappa shape index (κ3) is 3.06. The Balaban J connectivity index is 1.47. The number of hydrogen-bond acceptors (Lipinski definition) is 3. The van der Waals surface area contributed by atoms with Crippen molar-refractivity contribution >= 4 is 16.8 Å². The van der Waals surface area contributed by atoms with Crippen LogP contribution >= 0.6 is 0 Å². The number of carbonyl (C=O) groups excluding carboxylic acids is 1. The highest BCUT2D eigenvalue weighted by Crippen LogP contribution is 2.32. The average molecular weight is 337 g/mol. The highest BCUT2D eigenvalue weighted by Gasteiger charge is 2.22. The molecule has 0 unspecified atom stereocenters. The van der Waals surface area contributed by atoms with Gasteiger partial charge in [0.05, 0.1) is 12.2 Å². The van der Waals surface area contributed by atoms with Gasteiger partial charge in [0.25, 0.3) is 0 Å². The summed E-state index contributed by atoms with van der Waals surface area (Å²) in [5, 5.41) is 8.27. The topological polar surface area (TPSA) is 60.1 Å². The summed E-state index contributed by atoms with van der Waals surface area (Å²) in [5.74, 6) is 0.711. The Morgan fingerprint density at radius 3 is 3.08 bits per heavy atom. The van der Waals surface area contributed by atoms with E-state index in [0.29, 0.717) is 18.8 Å². The fourth-order valence-corrected chi connectivity index (χ4v) is 3.80. The van der Waals surface area contributed by atoms with Crippen molar-refractivity contribution in [3.05, 3.63) is 53.0 Å². The summed E-state index contributed by atoms with van der Waals surface area (Å²) in [6.45, 7) is 2.85. The van der Waals surface area contributed by atoms with E-state index in [1.165, 1.54) is 23.1 Å². The van der Waals surface area contributed by atoms with Crippen LogP contribution in [0.4, 0.5) is 0 Å². The van der Waals surface area contributed by atoms with E-state index in [-0.39, 0.29) is 5.91 Å². The smallest absolute Gasteiger partial charge is 0.240 e. The van der Waals surface area contributed by atoms with Gasteiger partial charge in [-0.05, 0) is 37.3 Å². The molecular formula is C20H23N3O2. The molecule has 4 rings (SSSR count). The van der Waals surface area contributed by atoms with E-state index >= 15 is 0 Å². The van der Waals surface area contributed by atoms with Gasteiger partial charge in [0, 0.05) is 22.7 Å². The van der Waals surface area contributed by atoms with Crippen LogP contribution in [-0.2, 0) is 37.1 Å². The molecular weight excluding hydrogens is 314 g/mol. The van der Waals surface area contributed by atoms with E-state index in [1.54, 1.807) is 0 Å². The van der Waals surface area contributed by atoms with E-state index < -0.39 is 0 Å². The number of para-hydroxylation sites is 1. The molecule has 0 bridgehead atoms. The molecule has 25 heavy (non-hydrogen) atoms. The molecule has 0 fully saturated rings. The Kier molecular flexibility index (Phi) is 4.30. The third-order valence-electron chi connectivity index (χ3n) is 4.91. The first kappa shape index (κ1) is 15.9. The van der Waals surface area contributed by atoms with Crippen LogP contribution in [0.3, 0.4) is 0 Å². The summed E-state index contributed by atoms with van der Waals surface area (Å²) in [6.07, 6.45) is 5.28. The molecule has 1 aliphatic carbocycles. The number of nitrogens with one attached hydrogen (secondary N) is 1. The minimum Gasteiger partial charge on any atom is -0.359 e. The minimum atomic E-state index is 0.00361. The van der Waals surface area contributed by atoms with Gasteiger partial charge >= 0.3 is 0 Å². The maximum absolute atomic E-state index is 12.5. The number of carbonyl (C=O) groups is 1. The van der Waals surface area contributed by atoms with Crippen LogP contribution in [0.5, 0.6) is 0 Å². The summed E-state index contributed by atoms with van der Waals surface area (Å²) >= 11 is 0. The van der Waals surface area contributed by atoms with Crippen molar-refractivity contribution in [1.82, 2.24) is 15.0 Å². The molecule has 2 aromatic heterocycles. The Bertz CT molecular complexity index is 907. The molecule has 0 aliphatic heterocycles. The predicted molar refractivity (Wildman–Crippen MR) is 96.3 cm³/mol. The van der Waals surface area contributed by atoms with Crippen LogP contribution in [0.2, 0.25) is 0 Å². The van der Waals surface area contributed by atoms with Gasteiger partial charge in [0.1, 0.15) is 6.54 Å². The second-order valence-corrected chi connectivity index (χ2v) is 6.69. The average Bonchev–Trinajstić information content (AvgIpc) is 3.32. The monoisotopic (exact) mass is 337 g/mol. The molecule has 1 N–H and O–H groups in total. The van der Waals surface area contributed by atoms with Crippen molar-refractivity contribution in [3.63, 3.8) is 0 Å². The SMILES string of the molecule is CCCc1cc(CNC(=O)Cn2c3c(c4ccccc42)CCC3)on1. The van der Waals surface area contributed by atoms with Crippen molar-refractivity contribution in [1.29, 1.82) is 0 Å². The normalized spacial score (nSPS) is 13.3. The van der Waals surface area contributed by atoms with Crippen molar-refractivity contribution in [2.75, 3.05) is 0 Å². The van der Waals surface area contributed by atoms with Crippen LogP contribution in [0.25, 0.3) is 10.9 Å². The number of benzene rings is 1. The fourth-order valence-electron chi connectivity index (χ4n) is 3.80. The summed E-state index contributed by atoms with van der Waals surface area (Å²) < 4.78 is 7.45. The van der Waals surface area contributed by atoms with Crippen LogP contribution in [0, 0.1) is 0 Å². The number of amides is 1. The Hall–Kier alpha value is -2.56. The van der Waals surface area contributed by atoms with Gasteiger partial charge < -0.3 is 14.4 Å². The summed E-state index contributed by atoms with van der Waals surface area (Å²) in [6, 6.07) is 10.3. The van der Waals surface area contributed by atoms with Crippen molar-refractivity contribution in [2.24, 2.45) is 0 Å². The summed E-state index contributed by atoms with van der Waals surface area (Å²) in [5.41, 5.74) is 4.84. The van der Waals surface area contributed by atoms with Crippen LogP contribution in [0.1, 0.15) is 42.5 Å². The fraction of sp³-hybridized carbons (Fsp3) is 0.400. The first-order valence-electron chi connectivity index (χ1n) is 9.06. The standard InChI is InChI=1S/C20H23N3O2/c1-2-6-14-11-15(25-22-14)12-21-20(24)13-23-18-9-4-3-7-16(18)17-8-5-10-19(17)23/h3-4,7,9,11H,2,5-6,8,10,12-13H2,1H3,(H,21,24). The van der Waals surface area contributed by atoms with Crippen LogP contribution < -0.4 is 5.32 Å². The zero-order valence-corrected chi connectivity index (χ0v) is 14.5. The molecule has 0 atom stereocenters. The lowest BCUT2D eigenvalue weighted by atomic mass is 10.1. The number of rotatable bonds is 6. The van der Waals surface area contributed by atoms with Gasteiger partial charge in [-0.25, -0.2) is 0 Å². The molecule has 130 valence electrons. The number of aromatic nitrogens is 2. The minimum absolute atomic E-state index is 0.00361. The number of fused-ring (bicyclic) bond motifs is 3. The third-order valence-corrected chi connectivity index (χ3v) is 4.91. The van der Waals surface area contributed by atoms with Gasteiger partial charge in [0.15, 0.2) is 5.76 Å². The second-order valence-electron chi connectivity index (χ2n) is 6.69. The molecule has 0 spiro atoms. The molecule has 5 heteroatoms. The van der Waals surface area contributed by atoms with E-state index in [4.69, 9.17) is 4.52 Å². The molecule has 0 saturated carbocycles. The highest BCUT2D eigenvalue weighted by molar-refractivity contribution is 5.88. The lowest BCUT2D eigenvalue weighted by Crippen LogP contribution is -2.27. The Labute approximate surface area is 147 Å². The van der Waals surface area contributed by atoms with Crippen molar-refractivity contribution in [2.45, 2.75) is 52.1 Å². The van der Waals surface area contributed by atoms with Crippen LogP contribution in [-0.4, -0.2) is 15.6 Å². The van der Waals surface area contributed by atoms with E-state index in [2.05, 4.69) is 40.2 Å². The van der Waals surface area contributed by atoms with Gasteiger partial charge in [-0.2, -0.15) is 0 Å². The molecule has 0 radical (unpaired) electrons. The largest absolute Gasteiger partial charge is 0.359 e. The Morgan fingerprint density at radius 2 is 2.20 bits per heavy atom. The van der Waals surface area contributed by atoms with E-state index in [9.17, 15) is 4.79 Å². The second kappa shape index (κ2) is 6.75. The van der Waals surface area contributed by atoms with Gasteiger partial charge in [-0.3, -0.25) is 4.79 Å². The molecule has 0 saturated heterocycles. The van der Waals surface area contributed by atoms with Gasteiger partial charge in [-0.15, -0.1) is 0 Å². The summed E-state index contributed by atoms with van der Waals surface area (Å²) in [7, 11) is 0. The van der Waals surface area contributed by atoms with Crippen LogP contribution in [0.15, 0.2) is 34.9 Å².